The molecular weight excluding hydrogens is 502 g/mol. The minimum atomic E-state index is -0.0913. The maximum Gasteiger partial charge on any atom is 0.266 e. The number of hydrogen-bond acceptors (Lipinski definition) is 6. The summed E-state index contributed by atoms with van der Waals surface area (Å²) in [5.41, 5.74) is 2.08. The molecule has 1 unspecified atom stereocenters. The van der Waals surface area contributed by atoms with Crippen LogP contribution in [0.5, 0.6) is 17.2 Å². The molecule has 35 heavy (non-hydrogen) atoms. The molecule has 0 aliphatic carbocycles. The smallest absolute Gasteiger partial charge is 0.266 e. The lowest BCUT2D eigenvalue weighted by atomic mass is 9.99. The number of thioether (sulfide) groups is 1. The summed E-state index contributed by atoms with van der Waals surface area (Å²) in [6.07, 6.45) is 3.59. The summed E-state index contributed by atoms with van der Waals surface area (Å²) in [6.45, 7) is 10.2. The van der Waals surface area contributed by atoms with Crippen molar-refractivity contribution in [3.63, 3.8) is 0 Å². The first-order valence-corrected chi connectivity index (χ1v) is 13.5. The first kappa shape index (κ1) is 27.4. The largest absolute Gasteiger partial charge is 0.493 e. The minimum Gasteiger partial charge on any atom is -0.493 e. The molecule has 0 N–H and O–H groups in total. The lowest BCUT2D eigenvalue weighted by molar-refractivity contribution is -0.121. The molecule has 0 bridgehead atoms. The van der Waals surface area contributed by atoms with Crippen LogP contribution < -0.4 is 14.2 Å². The second kappa shape index (κ2) is 13.2. The molecule has 1 atom stereocenters. The van der Waals surface area contributed by atoms with Crippen molar-refractivity contribution in [1.29, 1.82) is 0 Å². The number of benzene rings is 2. The summed E-state index contributed by atoms with van der Waals surface area (Å²) in [4.78, 5) is 14.7. The number of carbonyl (C=O) groups is 1. The van der Waals surface area contributed by atoms with Crippen LogP contribution in [0, 0.1) is 0 Å². The van der Waals surface area contributed by atoms with Gasteiger partial charge < -0.3 is 14.2 Å². The van der Waals surface area contributed by atoms with Crippen LogP contribution >= 0.6 is 35.6 Å². The van der Waals surface area contributed by atoms with Crippen molar-refractivity contribution in [1.82, 2.24) is 4.90 Å². The molecule has 2 aromatic rings. The van der Waals surface area contributed by atoms with Gasteiger partial charge in [0.05, 0.1) is 29.7 Å². The normalized spacial score (nSPS) is 15.6. The van der Waals surface area contributed by atoms with Gasteiger partial charge >= 0.3 is 0 Å². The number of carbonyl (C=O) groups excluding carboxylic acids is 1. The van der Waals surface area contributed by atoms with Crippen molar-refractivity contribution < 1.29 is 19.0 Å². The van der Waals surface area contributed by atoms with Crippen molar-refractivity contribution in [2.75, 3.05) is 26.4 Å². The number of thiocarbonyl (C=S) groups is 1. The number of likely N-dealkylation sites (N-methyl/N-ethyl adjacent to an activating group) is 1. The molecule has 1 fully saturated rings. The lowest BCUT2D eigenvalue weighted by Crippen LogP contribution is -2.27. The molecule has 5 nitrogen and oxygen atoms in total. The number of amides is 1. The van der Waals surface area contributed by atoms with Gasteiger partial charge in [-0.2, -0.15) is 0 Å². The highest BCUT2D eigenvalue weighted by Gasteiger charge is 2.30. The summed E-state index contributed by atoms with van der Waals surface area (Å²) in [7, 11) is 0. The summed E-state index contributed by atoms with van der Waals surface area (Å²) in [5, 5.41) is 0.426. The van der Waals surface area contributed by atoms with E-state index in [0.29, 0.717) is 64.5 Å². The molecule has 0 radical (unpaired) electrons. The maximum absolute atomic E-state index is 12.5. The monoisotopic (exact) mass is 533 g/mol. The third-order valence-corrected chi connectivity index (χ3v) is 7.34. The van der Waals surface area contributed by atoms with Crippen LogP contribution in [0.4, 0.5) is 0 Å². The van der Waals surface area contributed by atoms with E-state index >= 15 is 0 Å². The van der Waals surface area contributed by atoms with E-state index in [0.717, 1.165) is 17.7 Å². The third kappa shape index (κ3) is 7.15. The lowest BCUT2D eigenvalue weighted by Gasteiger charge is -2.15. The van der Waals surface area contributed by atoms with Crippen molar-refractivity contribution >= 4 is 51.9 Å². The first-order valence-electron chi connectivity index (χ1n) is 11.9. The fraction of sp³-hybridized carbons (Fsp3) is 0.407. The Hall–Kier alpha value is -2.22. The molecule has 1 aliphatic rings. The molecule has 0 saturated carbocycles. The Balaban J connectivity index is 1.60. The van der Waals surface area contributed by atoms with Crippen LogP contribution in [-0.4, -0.2) is 41.5 Å². The van der Waals surface area contributed by atoms with Gasteiger partial charge in [-0.3, -0.25) is 9.69 Å². The van der Waals surface area contributed by atoms with Crippen LogP contribution in [0.3, 0.4) is 0 Å². The summed E-state index contributed by atoms with van der Waals surface area (Å²) >= 11 is 13.1. The number of rotatable bonds is 12. The van der Waals surface area contributed by atoms with Crippen LogP contribution in [0.2, 0.25) is 5.02 Å². The average molecular weight is 534 g/mol. The quantitative estimate of drug-likeness (QED) is 0.162. The maximum atomic E-state index is 12.5. The van der Waals surface area contributed by atoms with Gasteiger partial charge in [-0.25, -0.2) is 0 Å². The number of nitrogens with zero attached hydrogens (tertiary/aromatic N) is 1. The van der Waals surface area contributed by atoms with Crippen LogP contribution in [0.1, 0.15) is 57.6 Å². The van der Waals surface area contributed by atoms with E-state index in [1.54, 1.807) is 17.0 Å². The van der Waals surface area contributed by atoms with E-state index in [2.05, 4.69) is 26.0 Å². The van der Waals surface area contributed by atoms with E-state index in [9.17, 15) is 4.79 Å². The zero-order chi connectivity index (χ0) is 25.4. The van der Waals surface area contributed by atoms with Gasteiger partial charge in [-0.15, -0.1) is 0 Å². The third-order valence-electron chi connectivity index (χ3n) is 5.68. The Morgan fingerprint density at radius 3 is 2.43 bits per heavy atom. The molecule has 0 aromatic heterocycles. The van der Waals surface area contributed by atoms with Crippen LogP contribution in [-0.2, 0) is 4.79 Å². The van der Waals surface area contributed by atoms with E-state index in [4.69, 9.17) is 38.0 Å². The van der Waals surface area contributed by atoms with Crippen LogP contribution in [0.15, 0.2) is 41.3 Å². The van der Waals surface area contributed by atoms with Gasteiger partial charge in [0.2, 0.25) is 0 Å². The Morgan fingerprint density at radius 1 is 1.09 bits per heavy atom. The van der Waals surface area contributed by atoms with Crippen molar-refractivity contribution in [3.05, 3.63) is 57.5 Å². The van der Waals surface area contributed by atoms with Crippen molar-refractivity contribution in [3.8, 4) is 17.2 Å². The predicted octanol–water partition coefficient (Wildman–Crippen LogP) is 7.32. The predicted molar refractivity (Wildman–Crippen MR) is 149 cm³/mol. The van der Waals surface area contributed by atoms with E-state index in [-0.39, 0.29) is 5.91 Å². The van der Waals surface area contributed by atoms with E-state index in [1.807, 2.05) is 32.0 Å². The second-order valence-electron chi connectivity index (χ2n) is 8.12. The van der Waals surface area contributed by atoms with Crippen LogP contribution in [0.25, 0.3) is 6.08 Å². The first-order chi connectivity index (χ1) is 16.9. The SMILES string of the molecule is CCOc1cc(C=C2SC(=S)N(CC)C2=O)cc(Cl)c1OCCCOc1ccc(C(C)CC)cc1. The molecule has 1 amide bonds. The summed E-state index contributed by atoms with van der Waals surface area (Å²) in [6, 6.07) is 11.9. The Labute approximate surface area is 222 Å². The Morgan fingerprint density at radius 2 is 1.80 bits per heavy atom. The van der Waals surface area contributed by atoms with Gasteiger partial charge in [0.15, 0.2) is 11.5 Å². The molecule has 3 rings (SSSR count). The minimum absolute atomic E-state index is 0.0913. The molecule has 2 aromatic carbocycles. The zero-order valence-electron chi connectivity index (χ0n) is 20.6. The second-order valence-corrected chi connectivity index (χ2v) is 10.2. The highest BCUT2D eigenvalue weighted by atomic mass is 35.5. The fourth-order valence-corrected chi connectivity index (χ4v) is 5.21. The fourth-order valence-electron chi connectivity index (χ4n) is 3.55. The molecule has 1 heterocycles. The Kier molecular flexibility index (Phi) is 10.3. The van der Waals surface area contributed by atoms with E-state index in [1.165, 1.54) is 17.3 Å². The molecule has 188 valence electrons. The van der Waals surface area contributed by atoms with Crippen molar-refractivity contribution in [2.45, 2.75) is 46.5 Å². The molecule has 1 saturated heterocycles. The summed E-state index contributed by atoms with van der Waals surface area (Å²) < 4.78 is 18.2. The highest BCUT2D eigenvalue weighted by molar-refractivity contribution is 8.26. The summed E-state index contributed by atoms with van der Waals surface area (Å²) in [5.74, 6) is 2.34. The molecule has 0 spiro atoms. The highest BCUT2D eigenvalue weighted by Crippen LogP contribution is 2.39. The molecular formula is C27H32ClNO4S2. The molecule has 1 aliphatic heterocycles. The topological polar surface area (TPSA) is 48.0 Å². The van der Waals surface area contributed by atoms with Gasteiger partial charge in [-0.05, 0) is 67.7 Å². The number of hydrogen-bond donors (Lipinski definition) is 0. The van der Waals surface area contributed by atoms with Crippen molar-refractivity contribution in [2.24, 2.45) is 0 Å². The van der Waals surface area contributed by atoms with Gasteiger partial charge in [-0.1, -0.05) is 61.6 Å². The molecule has 8 heteroatoms. The van der Waals surface area contributed by atoms with Gasteiger partial charge in [0.25, 0.3) is 5.91 Å². The van der Waals surface area contributed by atoms with Gasteiger partial charge in [0.1, 0.15) is 10.1 Å². The standard InChI is InChI=1S/C27H32ClNO4S2/c1-5-18(4)20-9-11-21(12-10-20)32-13-8-14-33-25-22(28)15-19(16-23(25)31-7-3)17-24-26(30)29(6-2)27(34)35-24/h9-12,15-18H,5-8,13-14H2,1-4H3. The Bertz CT molecular complexity index is 1070. The zero-order valence-corrected chi connectivity index (χ0v) is 23.0. The van der Waals surface area contributed by atoms with Gasteiger partial charge in [0, 0.05) is 13.0 Å². The number of halogens is 1. The average Bonchev–Trinajstić information content (AvgIpc) is 3.12. The number of ether oxygens (including phenoxy) is 3. The van der Waals surface area contributed by atoms with E-state index < -0.39 is 0 Å².